The van der Waals surface area contributed by atoms with Gasteiger partial charge in [-0.15, -0.1) is 0 Å². The number of rotatable bonds is 4. The summed E-state index contributed by atoms with van der Waals surface area (Å²) in [6.45, 7) is 5.43. The number of likely N-dealkylation sites (tertiary alicyclic amines) is 1. The molecule has 3 atom stereocenters. The molecule has 17 heavy (non-hydrogen) atoms. The molecular weight excluding hydrogens is 220 g/mol. The topological polar surface area (TPSA) is 69.6 Å². The SMILES string of the molecule is CC(C)C[C@@H](C(=O)O)N1C[C@H]2CCN[C@H]2C1=O. The highest BCUT2D eigenvalue weighted by Crippen LogP contribution is 2.29. The monoisotopic (exact) mass is 240 g/mol. The number of nitrogens with zero attached hydrogens (tertiary/aromatic N) is 1. The van der Waals surface area contributed by atoms with Crippen molar-refractivity contribution in [3.8, 4) is 0 Å². The molecule has 2 heterocycles. The molecular formula is C12H20N2O3. The number of carboxylic acid groups (broad SMARTS) is 1. The Morgan fingerprint density at radius 1 is 1.59 bits per heavy atom. The van der Waals surface area contributed by atoms with E-state index in [1.165, 1.54) is 0 Å². The normalized spacial score (nSPS) is 29.8. The lowest BCUT2D eigenvalue weighted by Gasteiger charge is -2.26. The zero-order valence-corrected chi connectivity index (χ0v) is 10.3. The minimum absolute atomic E-state index is 0.0273. The van der Waals surface area contributed by atoms with Gasteiger partial charge in [0.15, 0.2) is 0 Å². The molecule has 0 radical (unpaired) electrons. The smallest absolute Gasteiger partial charge is 0.326 e. The Bertz CT molecular complexity index is 330. The second-order valence-electron chi connectivity index (χ2n) is 5.45. The van der Waals surface area contributed by atoms with E-state index in [-0.39, 0.29) is 17.9 Å². The lowest BCUT2D eigenvalue weighted by atomic mass is 10.0. The minimum Gasteiger partial charge on any atom is -0.480 e. The predicted molar refractivity (Wildman–Crippen MR) is 62.5 cm³/mol. The molecule has 0 unspecified atom stereocenters. The van der Waals surface area contributed by atoms with E-state index in [1.54, 1.807) is 4.90 Å². The Balaban J connectivity index is 2.10. The molecule has 0 spiro atoms. The van der Waals surface area contributed by atoms with Crippen LogP contribution in [0, 0.1) is 11.8 Å². The van der Waals surface area contributed by atoms with Crippen molar-refractivity contribution in [2.75, 3.05) is 13.1 Å². The Morgan fingerprint density at radius 2 is 2.29 bits per heavy atom. The maximum atomic E-state index is 12.1. The zero-order valence-electron chi connectivity index (χ0n) is 10.3. The molecule has 2 aliphatic rings. The van der Waals surface area contributed by atoms with Crippen molar-refractivity contribution in [1.29, 1.82) is 0 Å². The molecule has 5 nitrogen and oxygen atoms in total. The molecule has 0 aliphatic carbocycles. The van der Waals surface area contributed by atoms with Crippen LogP contribution in [0.25, 0.3) is 0 Å². The number of nitrogens with one attached hydrogen (secondary N) is 1. The first-order valence-corrected chi connectivity index (χ1v) is 6.27. The fourth-order valence-electron chi connectivity index (χ4n) is 2.85. The van der Waals surface area contributed by atoms with Gasteiger partial charge in [-0.05, 0) is 25.3 Å². The number of aliphatic carboxylic acids is 1. The van der Waals surface area contributed by atoms with E-state index in [1.807, 2.05) is 13.8 Å². The lowest BCUT2D eigenvalue weighted by Crippen LogP contribution is -2.46. The number of carbonyl (C=O) groups excluding carboxylic acids is 1. The molecule has 2 saturated heterocycles. The van der Waals surface area contributed by atoms with Gasteiger partial charge >= 0.3 is 5.97 Å². The van der Waals surface area contributed by atoms with Crippen molar-refractivity contribution in [3.63, 3.8) is 0 Å². The van der Waals surface area contributed by atoms with Crippen LogP contribution in [0.15, 0.2) is 0 Å². The fraction of sp³-hybridized carbons (Fsp3) is 0.833. The Labute approximate surface area is 101 Å². The number of carboxylic acids is 1. The van der Waals surface area contributed by atoms with Crippen LogP contribution in [0.2, 0.25) is 0 Å². The predicted octanol–water partition coefficient (Wildman–Crippen LogP) is 0.306. The highest BCUT2D eigenvalue weighted by atomic mass is 16.4. The molecule has 5 heteroatoms. The number of carbonyl (C=O) groups is 2. The van der Waals surface area contributed by atoms with Gasteiger partial charge in [0.05, 0.1) is 6.04 Å². The summed E-state index contributed by atoms with van der Waals surface area (Å²) in [7, 11) is 0. The van der Waals surface area contributed by atoms with Gasteiger partial charge in [-0.1, -0.05) is 13.8 Å². The average Bonchev–Trinajstić information content (AvgIpc) is 2.78. The van der Waals surface area contributed by atoms with Gasteiger partial charge in [0.2, 0.25) is 5.91 Å². The number of hydrogen-bond donors (Lipinski definition) is 2. The average molecular weight is 240 g/mol. The Hall–Kier alpha value is -1.10. The standard InChI is InChI=1S/C12H20N2O3/c1-7(2)5-9(12(16)17)14-6-8-3-4-13-10(8)11(14)15/h7-10,13H,3-6H2,1-2H3,(H,16,17)/t8-,9+,10-/m1/s1. The van der Waals surface area contributed by atoms with E-state index in [2.05, 4.69) is 5.32 Å². The van der Waals surface area contributed by atoms with Crippen LogP contribution in [0.5, 0.6) is 0 Å². The van der Waals surface area contributed by atoms with E-state index in [0.29, 0.717) is 18.9 Å². The first-order valence-electron chi connectivity index (χ1n) is 6.27. The van der Waals surface area contributed by atoms with Gasteiger partial charge in [0.1, 0.15) is 6.04 Å². The fourth-order valence-corrected chi connectivity index (χ4v) is 2.85. The van der Waals surface area contributed by atoms with Crippen molar-refractivity contribution in [3.05, 3.63) is 0 Å². The summed E-state index contributed by atoms with van der Waals surface area (Å²) in [5, 5.41) is 12.4. The molecule has 2 aliphatic heterocycles. The van der Waals surface area contributed by atoms with Crippen LogP contribution >= 0.6 is 0 Å². The molecule has 0 aromatic heterocycles. The van der Waals surface area contributed by atoms with E-state index in [0.717, 1.165) is 13.0 Å². The van der Waals surface area contributed by atoms with Gasteiger partial charge < -0.3 is 15.3 Å². The lowest BCUT2D eigenvalue weighted by molar-refractivity contribution is -0.149. The zero-order chi connectivity index (χ0) is 12.6. The molecule has 0 aromatic carbocycles. The second kappa shape index (κ2) is 4.64. The quantitative estimate of drug-likeness (QED) is 0.742. The van der Waals surface area contributed by atoms with Crippen molar-refractivity contribution in [2.24, 2.45) is 11.8 Å². The van der Waals surface area contributed by atoms with Crippen LogP contribution in [-0.2, 0) is 9.59 Å². The molecule has 1 amide bonds. The third-order valence-electron chi connectivity index (χ3n) is 3.69. The summed E-state index contributed by atoms with van der Waals surface area (Å²) in [6.07, 6.45) is 1.50. The first-order chi connectivity index (χ1) is 8.00. The molecule has 96 valence electrons. The Kier molecular flexibility index (Phi) is 3.38. The van der Waals surface area contributed by atoms with Crippen LogP contribution in [0.3, 0.4) is 0 Å². The van der Waals surface area contributed by atoms with Crippen LogP contribution in [0.4, 0.5) is 0 Å². The van der Waals surface area contributed by atoms with Crippen molar-refractivity contribution < 1.29 is 14.7 Å². The molecule has 2 rings (SSSR count). The summed E-state index contributed by atoms with van der Waals surface area (Å²) in [4.78, 5) is 24.9. The maximum Gasteiger partial charge on any atom is 0.326 e. The highest BCUT2D eigenvalue weighted by molar-refractivity contribution is 5.89. The molecule has 2 N–H and O–H groups in total. The Morgan fingerprint density at radius 3 is 2.82 bits per heavy atom. The van der Waals surface area contributed by atoms with Crippen LogP contribution in [0.1, 0.15) is 26.7 Å². The van der Waals surface area contributed by atoms with E-state index in [9.17, 15) is 14.7 Å². The van der Waals surface area contributed by atoms with Gasteiger partial charge in [-0.2, -0.15) is 0 Å². The second-order valence-corrected chi connectivity index (χ2v) is 5.45. The van der Waals surface area contributed by atoms with E-state index >= 15 is 0 Å². The van der Waals surface area contributed by atoms with Gasteiger partial charge in [0, 0.05) is 12.5 Å². The van der Waals surface area contributed by atoms with Crippen molar-refractivity contribution in [1.82, 2.24) is 10.2 Å². The maximum absolute atomic E-state index is 12.1. The van der Waals surface area contributed by atoms with Gasteiger partial charge in [0.25, 0.3) is 0 Å². The van der Waals surface area contributed by atoms with Gasteiger partial charge in [-0.3, -0.25) is 4.79 Å². The third-order valence-corrected chi connectivity index (χ3v) is 3.69. The van der Waals surface area contributed by atoms with Crippen LogP contribution in [-0.4, -0.2) is 47.1 Å². The number of fused-ring (bicyclic) bond motifs is 1. The summed E-state index contributed by atoms with van der Waals surface area (Å²) < 4.78 is 0. The largest absolute Gasteiger partial charge is 0.480 e. The molecule has 0 bridgehead atoms. The van der Waals surface area contributed by atoms with Gasteiger partial charge in [-0.25, -0.2) is 4.79 Å². The molecule has 2 fully saturated rings. The van der Waals surface area contributed by atoms with Crippen molar-refractivity contribution >= 4 is 11.9 Å². The van der Waals surface area contributed by atoms with Crippen molar-refractivity contribution in [2.45, 2.75) is 38.8 Å². The molecule has 0 saturated carbocycles. The number of amides is 1. The van der Waals surface area contributed by atoms with Crippen LogP contribution < -0.4 is 5.32 Å². The summed E-state index contributed by atoms with van der Waals surface area (Å²) >= 11 is 0. The summed E-state index contributed by atoms with van der Waals surface area (Å²) in [5.41, 5.74) is 0. The number of hydrogen-bond acceptors (Lipinski definition) is 3. The third kappa shape index (κ3) is 2.29. The molecule has 0 aromatic rings. The summed E-state index contributed by atoms with van der Waals surface area (Å²) in [6, 6.07) is -0.793. The summed E-state index contributed by atoms with van der Waals surface area (Å²) in [5.74, 6) is -0.332. The van der Waals surface area contributed by atoms with E-state index < -0.39 is 12.0 Å². The minimum atomic E-state index is -0.882. The van der Waals surface area contributed by atoms with E-state index in [4.69, 9.17) is 0 Å². The highest BCUT2D eigenvalue weighted by Gasteiger charge is 2.46. The first kappa shape index (κ1) is 12.4.